The summed E-state index contributed by atoms with van der Waals surface area (Å²) in [6, 6.07) is 7.73. The predicted octanol–water partition coefficient (Wildman–Crippen LogP) is 0.935. The third-order valence-corrected chi connectivity index (χ3v) is 4.36. The van der Waals surface area contributed by atoms with Crippen LogP contribution >= 0.6 is 0 Å². The molecule has 4 heterocycles. The Morgan fingerprint density at radius 1 is 1.43 bits per heavy atom. The summed E-state index contributed by atoms with van der Waals surface area (Å²) in [5.41, 5.74) is 2.56. The molecule has 3 aromatic heterocycles. The minimum Gasteiger partial charge on any atom is -0.378 e. The van der Waals surface area contributed by atoms with Gasteiger partial charge < -0.3 is 9.30 Å². The number of nitrogens with zero attached hydrogens (tertiary/aromatic N) is 4. The van der Waals surface area contributed by atoms with Gasteiger partial charge in [0.25, 0.3) is 5.56 Å². The Labute approximate surface area is 133 Å². The van der Waals surface area contributed by atoms with Gasteiger partial charge in [-0.05, 0) is 12.1 Å². The van der Waals surface area contributed by atoms with Gasteiger partial charge in [-0.2, -0.15) is 0 Å². The first-order valence-corrected chi connectivity index (χ1v) is 7.71. The van der Waals surface area contributed by atoms with Gasteiger partial charge in [0.1, 0.15) is 0 Å². The monoisotopic (exact) mass is 313 g/mol. The molecule has 1 N–H and O–H groups in total. The van der Waals surface area contributed by atoms with Crippen LogP contribution in [0.1, 0.15) is 17.4 Å². The third-order valence-electron chi connectivity index (χ3n) is 4.36. The third kappa shape index (κ3) is 2.58. The molecule has 7 nitrogen and oxygen atoms in total. The van der Waals surface area contributed by atoms with Crippen molar-refractivity contribution >= 4 is 5.65 Å². The van der Waals surface area contributed by atoms with E-state index in [1.807, 2.05) is 19.3 Å². The van der Waals surface area contributed by atoms with Crippen molar-refractivity contribution < 1.29 is 4.74 Å². The van der Waals surface area contributed by atoms with Crippen molar-refractivity contribution in [1.29, 1.82) is 0 Å². The fourth-order valence-electron chi connectivity index (χ4n) is 3.19. The number of fused-ring (bicyclic) bond motifs is 1. The molecule has 3 aromatic rings. The van der Waals surface area contributed by atoms with Crippen LogP contribution in [0.4, 0.5) is 0 Å². The number of aromatic nitrogens is 4. The average Bonchev–Trinajstić information content (AvgIpc) is 3.17. The van der Waals surface area contributed by atoms with Gasteiger partial charge in [-0.3, -0.25) is 14.8 Å². The Hall–Kier alpha value is -2.38. The molecule has 0 aliphatic carbocycles. The highest BCUT2D eigenvalue weighted by molar-refractivity contribution is 5.36. The van der Waals surface area contributed by atoms with Crippen LogP contribution in [0, 0.1) is 0 Å². The van der Waals surface area contributed by atoms with Crippen molar-refractivity contribution in [2.45, 2.75) is 12.6 Å². The molecule has 1 aliphatic rings. The van der Waals surface area contributed by atoms with Gasteiger partial charge in [0.2, 0.25) is 0 Å². The molecular formula is C16H19N5O2. The van der Waals surface area contributed by atoms with E-state index in [0.717, 1.165) is 12.2 Å². The average molecular weight is 313 g/mol. The lowest BCUT2D eigenvalue weighted by Crippen LogP contribution is -2.40. The van der Waals surface area contributed by atoms with Gasteiger partial charge in [0.05, 0.1) is 24.9 Å². The molecular weight excluding hydrogens is 294 g/mol. The Kier molecular flexibility index (Phi) is 3.51. The molecule has 1 saturated heterocycles. The molecule has 120 valence electrons. The number of hydrogen-bond acceptors (Lipinski definition) is 4. The quantitative estimate of drug-likeness (QED) is 0.781. The molecule has 0 amide bonds. The summed E-state index contributed by atoms with van der Waals surface area (Å²) in [7, 11) is 2.04. The number of aryl methyl sites for hydroxylation is 1. The normalized spacial score (nSPS) is 19.4. The zero-order valence-corrected chi connectivity index (χ0v) is 13.0. The Bertz CT molecular complexity index is 878. The van der Waals surface area contributed by atoms with Crippen LogP contribution in [-0.2, 0) is 18.3 Å². The number of morpholine rings is 1. The topological polar surface area (TPSA) is 67.6 Å². The molecule has 4 rings (SSSR count). The van der Waals surface area contributed by atoms with Gasteiger partial charge in [0, 0.05) is 50.4 Å². The molecule has 0 saturated carbocycles. The summed E-state index contributed by atoms with van der Waals surface area (Å²) in [6.07, 6.45) is 3.76. The molecule has 1 atom stereocenters. The van der Waals surface area contributed by atoms with E-state index in [1.165, 1.54) is 10.2 Å². The minimum atomic E-state index is -0.0846. The number of H-pyrrole nitrogens is 1. The van der Waals surface area contributed by atoms with Gasteiger partial charge >= 0.3 is 0 Å². The fourth-order valence-corrected chi connectivity index (χ4v) is 3.19. The first-order valence-electron chi connectivity index (χ1n) is 7.71. The fraction of sp³-hybridized carbons (Fsp3) is 0.375. The van der Waals surface area contributed by atoms with Crippen molar-refractivity contribution in [1.82, 2.24) is 24.1 Å². The highest BCUT2D eigenvalue weighted by atomic mass is 16.5. The van der Waals surface area contributed by atoms with E-state index in [-0.39, 0.29) is 11.6 Å². The molecule has 23 heavy (non-hydrogen) atoms. The molecule has 0 radical (unpaired) electrons. The summed E-state index contributed by atoms with van der Waals surface area (Å²) in [5.74, 6) is 0. The van der Waals surface area contributed by atoms with Crippen LogP contribution in [0.2, 0.25) is 0 Å². The van der Waals surface area contributed by atoms with Crippen LogP contribution in [0.5, 0.6) is 0 Å². The maximum absolute atomic E-state index is 12.1. The first kappa shape index (κ1) is 14.2. The summed E-state index contributed by atoms with van der Waals surface area (Å²) in [4.78, 5) is 19.0. The van der Waals surface area contributed by atoms with Gasteiger partial charge in [-0.1, -0.05) is 0 Å². The molecule has 7 heteroatoms. The second-order valence-electron chi connectivity index (χ2n) is 5.85. The molecule has 0 aromatic carbocycles. The predicted molar refractivity (Wildman–Crippen MR) is 85.2 cm³/mol. The Balaban J connectivity index is 1.64. The molecule has 1 aliphatic heterocycles. The number of aromatic amines is 1. The van der Waals surface area contributed by atoms with E-state index in [1.54, 1.807) is 18.3 Å². The van der Waals surface area contributed by atoms with E-state index in [4.69, 9.17) is 4.74 Å². The standard InChI is InChI=1S/C16H19N5O2/c1-19-6-2-3-13(19)14-11-23-8-7-20(14)10-12-9-16(22)21-15(18-12)4-5-17-21/h2-6,9,14,17H,7-8,10-11H2,1H3/t14-/m0/s1. The van der Waals surface area contributed by atoms with Crippen molar-refractivity contribution in [3.05, 3.63) is 58.4 Å². The lowest BCUT2D eigenvalue weighted by molar-refractivity contribution is -0.0157. The van der Waals surface area contributed by atoms with Crippen LogP contribution in [-0.4, -0.2) is 43.8 Å². The maximum atomic E-state index is 12.1. The Morgan fingerprint density at radius 2 is 2.35 bits per heavy atom. The number of nitrogens with one attached hydrogen (secondary N) is 1. The molecule has 0 bridgehead atoms. The van der Waals surface area contributed by atoms with Crippen LogP contribution in [0.25, 0.3) is 5.65 Å². The number of ether oxygens (including phenoxy) is 1. The van der Waals surface area contributed by atoms with E-state index in [9.17, 15) is 4.79 Å². The van der Waals surface area contributed by atoms with Crippen LogP contribution in [0.3, 0.4) is 0 Å². The van der Waals surface area contributed by atoms with Crippen LogP contribution < -0.4 is 5.56 Å². The van der Waals surface area contributed by atoms with E-state index < -0.39 is 0 Å². The molecule has 0 spiro atoms. The largest absolute Gasteiger partial charge is 0.378 e. The second kappa shape index (κ2) is 5.68. The second-order valence-corrected chi connectivity index (χ2v) is 5.85. The van der Waals surface area contributed by atoms with Crippen molar-refractivity contribution in [2.75, 3.05) is 19.8 Å². The number of hydrogen-bond donors (Lipinski definition) is 1. The lowest BCUT2D eigenvalue weighted by atomic mass is 10.1. The zero-order valence-electron chi connectivity index (χ0n) is 13.0. The highest BCUT2D eigenvalue weighted by Crippen LogP contribution is 2.25. The first-order chi connectivity index (χ1) is 11.2. The summed E-state index contributed by atoms with van der Waals surface area (Å²) in [6.45, 7) is 2.82. The smallest absolute Gasteiger partial charge is 0.272 e. The summed E-state index contributed by atoms with van der Waals surface area (Å²) >= 11 is 0. The number of rotatable bonds is 3. The van der Waals surface area contributed by atoms with E-state index in [0.29, 0.717) is 25.4 Å². The maximum Gasteiger partial charge on any atom is 0.272 e. The highest BCUT2D eigenvalue weighted by Gasteiger charge is 2.26. The Morgan fingerprint density at radius 3 is 3.17 bits per heavy atom. The lowest BCUT2D eigenvalue weighted by Gasteiger charge is -2.35. The van der Waals surface area contributed by atoms with Crippen molar-refractivity contribution in [3.8, 4) is 0 Å². The SMILES string of the molecule is Cn1cccc1[C@@H]1COCCN1Cc1cc(=O)n2[nH]ccc2n1. The van der Waals surface area contributed by atoms with E-state index in [2.05, 4.69) is 25.6 Å². The summed E-state index contributed by atoms with van der Waals surface area (Å²) in [5, 5.41) is 2.86. The van der Waals surface area contributed by atoms with Gasteiger partial charge in [-0.15, -0.1) is 0 Å². The van der Waals surface area contributed by atoms with Crippen LogP contribution in [0.15, 0.2) is 41.5 Å². The van der Waals surface area contributed by atoms with Crippen molar-refractivity contribution in [2.24, 2.45) is 7.05 Å². The van der Waals surface area contributed by atoms with E-state index >= 15 is 0 Å². The van der Waals surface area contributed by atoms with Gasteiger partial charge in [-0.25, -0.2) is 9.50 Å². The minimum absolute atomic E-state index is 0.0846. The molecule has 0 unspecified atom stereocenters. The molecule has 1 fully saturated rings. The zero-order chi connectivity index (χ0) is 15.8. The summed E-state index contributed by atoms with van der Waals surface area (Å²) < 4.78 is 9.22. The van der Waals surface area contributed by atoms with Gasteiger partial charge in [0.15, 0.2) is 5.65 Å². The van der Waals surface area contributed by atoms with Crippen molar-refractivity contribution in [3.63, 3.8) is 0 Å².